The highest BCUT2D eigenvalue weighted by molar-refractivity contribution is 5.77. The van der Waals surface area contributed by atoms with Gasteiger partial charge >= 0.3 is 6.18 Å². The third-order valence-corrected chi connectivity index (χ3v) is 3.26. The molecule has 0 aromatic heterocycles. The minimum atomic E-state index is -4.34. The van der Waals surface area contributed by atoms with Crippen molar-refractivity contribution >= 4 is 5.91 Å². The van der Waals surface area contributed by atoms with Gasteiger partial charge in [0.2, 0.25) is 5.91 Å². The number of carbonyl (C=O) groups excluding carboxylic acids is 1. The molecule has 0 unspecified atom stereocenters. The van der Waals surface area contributed by atoms with Crippen LogP contribution in [-0.4, -0.2) is 12.5 Å². The van der Waals surface area contributed by atoms with Crippen molar-refractivity contribution < 1.29 is 18.0 Å². The van der Waals surface area contributed by atoms with Gasteiger partial charge in [0.15, 0.2) is 0 Å². The molecule has 104 valence electrons. The molecule has 2 rings (SSSR count). The van der Waals surface area contributed by atoms with Gasteiger partial charge in [0.25, 0.3) is 0 Å². The van der Waals surface area contributed by atoms with Gasteiger partial charge in [-0.3, -0.25) is 4.79 Å². The Hall–Kier alpha value is -1.56. The minimum absolute atomic E-state index is 0.167. The predicted molar refractivity (Wildman–Crippen MR) is 64.2 cm³/mol. The highest BCUT2D eigenvalue weighted by Gasteiger charge is 2.45. The van der Waals surface area contributed by atoms with E-state index in [1.165, 1.54) is 12.1 Å². The van der Waals surface area contributed by atoms with E-state index in [0.29, 0.717) is 5.56 Å². The van der Waals surface area contributed by atoms with Crippen molar-refractivity contribution in [2.75, 3.05) is 6.54 Å². The molecule has 0 heterocycles. The van der Waals surface area contributed by atoms with Crippen molar-refractivity contribution in [3.05, 3.63) is 35.4 Å². The van der Waals surface area contributed by atoms with Crippen LogP contribution in [0.2, 0.25) is 0 Å². The molecule has 1 aromatic rings. The van der Waals surface area contributed by atoms with Crippen LogP contribution in [0.4, 0.5) is 13.2 Å². The lowest BCUT2D eigenvalue weighted by atomic mass is 10.0. The molecule has 1 amide bonds. The van der Waals surface area contributed by atoms with Gasteiger partial charge < -0.3 is 11.1 Å². The number of benzene rings is 1. The molecule has 0 aliphatic heterocycles. The molecule has 1 saturated carbocycles. The maximum absolute atomic E-state index is 12.5. The highest BCUT2D eigenvalue weighted by Crippen LogP contribution is 2.46. The van der Waals surface area contributed by atoms with Crippen molar-refractivity contribution in [3.8, 4) is 0 Å². The zero-order valence-electron chi connectivity index (χ0n) is 10.3. The Labute approximate surface area is 109 Å². The third kappa shape index (κ3) is 3.07. The summed E-state index contributed by atoms with van der Waals surface area (Å²) < 4.78 is 37.4. The van der Waals surface area contributed by atoms with Crippen LogP contribution >= 0.6 is 0 Å². The van der Waals surface area contributed by atoms with Crippen molar-refractivity contribution in [1.29, 1.82) is 0 Å². The second-order valence-corrected chi connectivity index (χ2v) is 4.74. The van der Waals surface area contributed by atoms with Gasteiger partial charge in [-0.15, -0.1) is 0 Å². The average molecular weight is 272 g/mol. The summed E-state index contributed by atoms with van der Waals surface area (Å²) in [6, 6.07) is 4.95. The Balaban J connectivity index is 2.12. The molecule has 0 saturated heterocycles. The van der Waals surface area contributed by atoms with Crippen LogP contribution in [0.3, 0.4) is 0 Å². The van der Waals surface area contributed by atoms with Gasteiger partial charge in [0, 0.05) is 13.0 Å². The second-order valence-electron chi connectivity index (χ2n) is 4.74. The number of nitrogens with one attached hydrogen (secondary N) is 1. The number of nitrogens with two attached hydrogens (primary N) is 1. The Morgan fingerprint density at radius 2 is 1.84 bits per heavy atom. The van der Waals surface area contributed by atoms with Crippen molar-refractivity contribution in [2.45, 2.75) is 31.0 Å². The molecule has 0 bridgehead atoms. The molecule has 3 N–H and O–H groups in total. The monoisotopic (exact) mass is 272 g/mol. The lowest BCUT2D eigenvalue weighted by Gasteiger charge is -2.18. The van der Waals surface area contributed by atoms with E-state index in [-0.39, 0.29) is 18.9 Å². The number of carbonyl (C=O) groups is 1. The normalized spacial score (nSPS) is 17.1. The van der Waals surface area contributed by atoms with Gasteiger partial charge in [-0.05, 0) is 30.5 Å². The number of hydrogen-bond acceptors (Lipinski definition) is 2. The Bertz CT molecular complexity index is 464. The van der Waals surface area contributed by atoms with E-state index in [1.54, 1.807) is 0 Å². The van der Waals surface area contributed by atoms with Gasteiger partial charge in [-0.1, -0.05) is 12.1 Å². The number of amides is 1. The average Bonchev–Trinajstić information content (AvgIpc) is 3.09. The first-order chi connectivity index (χ1) is 8.87. The topological polar surface area (TPSA) is 55.1 Å². The SMILES string of the molecule is NCCC(=O)NC1(c2ccc(C(F)(F)F)cc2)CC1. The number of hydrogen-bond donors (Lipinski definition) is 2. The van der Waals surface area contributed by atoms with Gasteiger partial charge in [-0.2, -0.15) is 13.2 Å². The van der Waals surface area contributed by atoms with Crippen molar-refractivity contribution in [1.82, 2.24) is 5.32 Å². The zero-order valence-corrected chi connectivity index (χ0v) is 10.3. The summed E-state index contributed by atoms with van der Waals surface area (Å²) in [6.45, 7) is 0.259. The Kier molecular flexibility index (Phi) is 3.54. The molecule has 1 aromatic carbocycles. The van der Waals surface area contributed by atoms with E-state index in [0.717, 1.165) is 25.0 Å². The Morgan fingerprint density at radius 1 is 1.26 bits per heavy atom. The summed E-state index contributed by atoms with van der Waals surface area (Å²) in [7, 11) is 0. The first-order valence-corrected chi connectivity index (χ1v) is 6.06. The molecule has 1 fully saturated rings. The maximum Gasteiger partial charge on any atom is 0.416 e. The Morgan fingerprint density at radius 3 is 2.26 bits per heavy atom. The standard InChI is InChI=1S/C13H15F3N2O/c14-13(15,16)10-3-1-9(2-4-10)12(6-7-12)18-11(19)5-8-17/h1-4H,5-8,17H2,(H,18,19). The van der Waals surface area contributed by atoms with E-state index in [9.17, 15) is 18.0 Å². The number of halogens is 3. The van der Waals surface area contributed by atoms with Crippen LogP contribution in [0, 0.1) is 0 Å². The molecule has 0 radical (unpaired) electrons. The summed E-state index contributed by atoms with van der Waals surface area (Å²) in [5, 5.41) is 2.84. The fraction of sp³-hybridized carbons (Fsp3) is 0.462. The van der Waals surface area contributed by atoms with Crippen LogP contribution in [0.5, 0.6) is 0 Å². The lowest BCUT2D eigenvalue weighted by molar-refractivity contribution is -0.137. The summed E-state index contributed by atoms with van der Waals surface area (Å²) in [6.07, 6.45) is -2.62. The van der Waals surface area contributed by atoms with E-state index in [4.69, 9.17) is 5.73 Å². The molecular formula is C13H15F3N2O. The van der Waals surface area contributed by atoms with E-state index < -0.39 is 17.3 Å². The molecule has 19 heavy (non-hydrogen) atoms. The predicted octanol–water partition coefficient (Wildman–Crippen LogP) is 2.16. The molecule has 0 atom stereocenters. The minimum Gasteiger partial charge on any atom is -0.347 e. The van der Waals surface area contributed by atoms with E-state index >= 15 is 0 Å². The summed E-state index contributed by atoms with van der Waals surface area (Å²) >= 11 is 0. The summed E-state index contributed by atoms with van der Waals surface area (Å²) in [4.78, 5) is 11.5. The molecule has 1 aliphatic rings. The lowest BCUT2D eigenvalue weighted by Crippen LogP contribution is -2.35. The fourth-order valence-corrected chi connectivity index (χ4v) is 2.05. The van der Waals surface area contributed by atoms with Gasteiger partial charge in [0.1, 0.15) is 0 Å². The molecule has 0 spiro atoms. The maximum atomic E-state index is 12.5. The smallest absolute Gasteiger partial charge is 0.347 e. The molecule has 3 nitrogen and oxygen atoms in total. The highest BCUT2D eigenvalue weighted by atomic mass is 19.4. The van der Waals surface area contributed by atoms with Crippen molar-refractivity contribution in [3.63, 3.8) is 0 Å². The van der Waals surface area contributed by atoms with E-state index in [2.05, 4.69) is 5.32 Å². The summed E-state index contributed by atoms with van der Waals surface area (Å²) in [5.41, 5.74) is 4.83. The van der Waals surface area contributed by atoms with Crippen LogP contribution in [0.25, 0.3) is 0 Å². The largest absolute Gasteiger partial charge is 0.416 e. The van der Waals surface area contributed by atoms with Crippen LogP contribution < -0.4 is 11.1 Å². The first kappa shape index (κ1) is 13.9. The zero-order chi connectivity index (χ0) is 14.1. The molecule has 6 heteroatoms. The quantitative estimate of drug-likeness (QED) is 0.882. The fourth-order valence-electron chi connectivity index (χ4n) is 2.05. The molecule has 1 aliphatic carbocycles. The van der Waals surface area contributed by atoms with Crippen LogP contribution in [-0.2, 0) is 16.5 Å². The number of rotatable bonds is 4. The summed E-state index contributed by atoms with van der Waals surface area (Å²) in [5.74, 6) is -0.167. The number of alkyl halides is 3. The van der Waals surface area contributed by atoms with Gasteiger partial charge in [0.05, 0.1) is 11.1 Å². The first-order valence-electron chi connectivity index (χ1n) is 6.06. The van der Waals surface area contributed by atoms with Gasteiger partial charge in [-0.25, -0.2) is 0 Å². The van der Waals surface area contributed by atoms with Crippen molar-refractivity contribution in [2.24, 2.45) is 5.73 Å². The second kappa shape index (κ2) is 4.85. The third-order valence-electron chi connectivity index (χ3n) is 3.26. The molecular weight excluding hydrogens is 257 g/mol. The van der Waals surface area contributed by atoms with Crippen LogP contribution in [0.15, 0.2) is 24.3 Å². The van der Waals surface area contributed by atoms with E-state index in [1.807, 2.05) is 0 Å². The van der Waals surface area contributed by atoms with Crippen LogP contribution in [0.1, 0.15) is 30.4 Å².